The summed E-state index contributed by atoms with van der Waals surface area (Å²) < 4.78 is 1.54. The number of rotatable bonds is 4. The lowest BCUT2D eigenvalue weighted by Gasteiger charge is -2.25. The average Bonchev–Trinajstić information content (AvgIpc) is 3.18. The number of likely N-dealkylation sites (tertiary alicyclic amines) is 1. The van der Waals surface area contributed by atoms with Gasteiger partial charge in [-0.1, -0.05) is 42.5 Å². The Hall–Kier alpha value is -2.95. The third-order valence-corrected chi connectivity index (χ3v) is 5.06. The molecular weight excluding hydrogens is 326 g/mol. The molecule has 2 heterocycles. The summed E-state index contributed by atoms with van der Waals surface area (Å²) >= 11 is 0. The third kappa shape index (κ3) is 3.12. The third-order valence-electron chi connectivity index (χ3n) is 5.06. The number of para-hydroxylation sites is 1. The number of hydrogen-bond acceptors (Lipinski definition) is 3. The Kier molecular flexibility index (Phi) is 4.52. The van der Waals surface area contributed by atoms with E-state index in [0.717, 1.165) is 19.4 Å². The minimum Gasteiger partial charge on any atom is -0.336 e. The van der Waals surface area contributed by atoms with Crippen molar-refractivity contribution in [1.82, 2.24) is 14.5 Å². The Morgan fingerprint density at radius 3 is 2.69 bits per heavy atom. The van der Waals surface area contributed by atoms with Crippen LogP contribution in [0.1, 0.15) is 30.9 Å². The van der Waals surface area contributed by atoms with Crippen LogP contribution in [-0.4, -0.2) is 26.9 Å². The molecule has 1 amide bonds. The first kappa shape index (κ1) is 16.5. The van der Waals surface area contributed by atoms with Gasteiger partial charge in [-0.15, -0.1) is 0 Å². The van der Waals surface area contributed by atoms with Gasteiger partial charge in [-0.2, -0.15) is 0 Å². The number of carbonyl (C=O) groups is 1. The highest BCUT2D eigenvalue weighted by molar-refractivity contribution is 5.78. The van der Waals surface area contributed by atoms with E-state index in [-0.39, 0.29) is 17.5 Å². The van der Waals surface area contributed by atoms with Crippen molar-refractivity contribution in [3.63, 3.8) is 0 Å². The Bertz CT molecular complexity index is 981. The predicted molar refractivity (Wildman–Crippen MR) is 101 cm³/mol. The lowest BCUT2D eigenvalue weighted by Crippen LogP contribution is -2.32. The molecule has 0 spiro atoms. The Balaban J connectivity index is 1.49. The van der Waals surface area contributed by atoms with Crippen LogP contribution in [0.15, 0.2) is 65.7 Å². The second-order valence-electron chi connectivity index (χ2n) is 6.67. The summed E-state index contributed by atoms with van der Waals surface area (Å²) in [6.45, 7) is 1.14. The van der Waals surface area contributed by atoms with E-state index in [9.17, 15) is 9.59 Å². The fourth-order valence-electron chi connectivity index (χ4n) is 3.71. The van der Waals surface area contributed by atoms with Crippen molar-refractivity contribution in [3.8, 4) is 0 Å². The summed E-state index contributed by atoms with van der Waals surface area (Å²) in [6.07, 6.45) is 3.86. The van der Waals surface area contributed by atoms with Gasteiger partial charge in [0.05, 0.1) is 23.3 Å². The standard InChI is InChI=1S/C21H21N3O2/c25-20(24-13-6-11-19(24)16-7-2-1-3-8-16)12-14-23-15-22-18-10-5-4-9-17(18)21(23)26/h1-5,7-10,15,19H,6,11-14H2/t19-/m1/s1. The van der Waals surface area contributed by atoms with E-state index in [2.05, 4.69) is 17.1 Å². The zero-order chi connectivity index (χ0) is 17.9. The number of carbonyl (C=O) groups excluding carboxylic acids is 1. The maximum atomic E-state index is 12.8. The number of fused-ring (bicyclic) bond motifs is 1. The normalized spacial score (nSPS) is 16.9. The first-order valence-electron chi connectivity index (χ1n) is 9.02. The van der Waals surface area contributed by atoms with Crippen LogP contribution in [0.3, 0.4) is 0 Å². The molecule has 2 aromatic carbocycles. The zero-order valence-electron chi connectivity index (χ0n) is 14.5. The van der Waals surface area contributed by atoms with Crippen molar-refractivity contribution in [1.29, 1.82) is 0 Å². The molecule has 0 bridgehead atoms. The fourth-order valence-corrected chi connectivity index (χ4v) is 3.71. The van der Waals surface area contributed by atoms with E-state index in [0.29, 0.717) is 23.9 Å². The molecule has 1 atom stereocenters. The van der Waals surface area contributed by atoms with E-state index in [1.807, 2.05) is 41.3 Å². The Morgan fingerprint density at radius 1 is 1.08 bits per heavy atom. The Labute approximate surface area is 151 Å². The van der Waals surface area contributed by atoms with Crippen molar-refractivity contribution in [2.45, 2.75) is 31.8 Å². The van der Waals surface area contributed by atoms with Gasteiger partial charge in [0.2, 0.25) is 5.91 Å². The second kappa shape index (κ2) is 7.12. The van der Waals surface area contributed by atoms with Gasteiger partial charge in [-0.3, -0.25) is 14.2 Å². The van der Waals surface area contributed by atoms with Gasteiger partial charge < -0.3 is 4.90 Å². The van der Waals surface area contributed by atoms with Gasteiger partial charge in [-0.05, 0) is 30.5 Å². The first-order valence-corrected chi connectivity index (χ1v) is 9.02. The summed E-state index contributed by atoms with van der Waals surface area (Å²) in [5.41, 5.74) is 1.77. The summed E-state index contributed by atoms with van der Waals surface area (Å²) in [4.78, 5) is 31.6. The quantitative estimate of drug-likeness (QED) is 0.728. The highest BCUT2D eigenvalue weighted by atomic mass is 16.2. The van der Waals surface area contributed by atoms with Crippen LogP contribution in [0.2, 0.25) is 0 Å². The molecule has 5 nitrogen and oxygen atoms in total. The molecule has 0 aliphatic carbocycles. The largest absolute Gasteiger partial charge is 0.336 e. The van der Waals surface area contributed by atoms with Gasteiger partial charge in [-0.25, -0.2) is 4.98 Å². The van der Waals surface area contributed by atoms with Gasteiger partial charge in [0.1, 0.15) is 0 Å². The van der Waals surface area contributed by atoms with Crippen molar-refractivity contribution in [2.75, 3.05) is 6.54 Å². The summed E-state index contributed by atoms with van der Waals surface area (Å²) in [7, 11) is 0. The number of benzene rings is 2. The molecule has 0 unspecified atom stereocenters. The minimum absolute atomic E-state index is 0.0931. The summed E-state index contributed by atoms with van der Waals surface area (Å²) in [6, 6.07) is 17.6. The van der Waals surface area contributed by atoms with Crippen LogP contribution in [0, 0.1) is 0 Å². The van der Waals surface area contributed by atoms with Gasteiger partial charge >= 0.3 is 0 Å². The molecule has 1 saturated heterocycles. The molecule has 1 aliphatic heterocycles. The smallest absolute Gasteiger partial charge is 0.261 e. The molecular formula is C21H21N3O2. The number of nitrogens with zero attached hydrogens (tertiary/aromatic N) is 3. The van der Waals surface area contributed by atoms with Crippen molar-refractivity contribution in [2.24, 2.45) is 0 Å². The monoisotopic (exact) mass is 347 g/mol. The minimum atomic E-state index is -0.0931. The second-order valence-corrected chi connectivity index (χ2v) is 6.67. The lowest BCUT2D eigenvalue weighted by atomic mass is 10.0. The van der Waals surface area contributed by atoms with E-state index in [1.165, 1.54) is 16.5 Å². The molecule has 4 rings (SSSR count). The van der Waals surface area contributed by atoms with Gasteiger partial charge in [0.15, 0.2) is 0 Å². The van der Waals surface area contributed by atoms with Crippen LogP contribution >= 0.6 is 0 Å². The van der Waals surface area contributed by atoms with Crippen molar-refractivity contribution >= 4 is 16.8 Å². The molecule has 0 saturated carbocycles. The zero-order valence-corrected chi connectivity index (χ0v) is 14.5. The lowest BCUT2D eigenvalue weighted by molar-refractivity contribution is -0.132. The average molecular weight is 347 g/mol. The van der Waals surface area contributed by atoms with E-state index in [4.69, 9.17) is 0 Å². The molecule has 26 heavy (non-hydrogen) atoms. The van der Waals surface area contributed by atoms with Crippen LogP contribution in [0.25, 0.3) is 10.9 Å². The van der Waals surface area contributed by atoms with Gasteiger partial charge in [0.25, 0.3) is 5.56 Å². The fraction of sp³-hybridized carbons (Fsp3) is 0.286. The molecule has 3 aromatic rings. The number of aromatic nitrogens is 2. The highest BCUT2D eigenvalue weighted by Crippen LogP contribution is 2.32. The van der Waals surface area contributed by atoms with E-state index < -0.39 is 0 Å². The molecule has 0 radical (unpaired) electrons. The molecule has 1 aliphatic rings. The Morgan fingerprint density at radius 2 is 1.85 bits per heavy atom. The maximum Gasteiger partial charge on any atom is 0.261 e. The van der Waals surface area contributed by atoms with E-state index in [1.54, 1.807) is 6.07 Å². The van der Waals surface area contributed by atoms with Crippen LogP contribution in [0.4, 0.5) is 0 Å². The van der Waals surface area contributed by atoms with Crippen LogP contribution in [-0.2, 0) is 11.3 Å². The predicted octanol–water partition coefficient (Wildman–Crippen LogP) is 3.15. The van der Waals surface area contributed by atoms with E-state index >= 15 is 0 Å². The molecule has 1 fully saturated rings. The van der Waals surface area contributed by atoms with Crippen LogP contribution in [0.5, 0.6) is 0 Å². The van der Waals surface area contributed by atoms with Crippen molar-refractivity contribution in [3.05, 3.63) is 76.8 Å². The molecule has 0 N–H and O–H groups in total. The van der Waals surface area contributed by atoms with Crippen molar-refractivity contribution < 1.29 is 4.79 Å². The number of hydrogen-bond donors (Lipinski definition) is 0. The molecule has 5 heteroatoms. The topological polar surface area (TPSA) is 55.2 Å². The number of amides is 1. The summed E-state index contributed by atoms with van der Waals surface area (Å²) in [5, 5.41) is 0.589. The highest BCUT2D eigenvalue weighted by Gasteiger charge is 2.29. The maximum absolute atomic E-state index is 12.8. The molecule has 132 valence electrons. The van der Waals surface area contributed by atoms with Crippen LogP contribution < -0.4 is 5.56 Å². The first-order chi connectivity index (χ1) is 12.7. The summed E-state index contributed by atoms with van der Waals surface area (Å²) in [5.74, 6) is 0.0939. The SMILES string of the molecule is O=C(CCn1cnc2ccccc2c1=O)N1CCC[C@@H]1c1ccccc1. The molecule has 1 aromatic heterocycles. The van der Waals surface area contributed by atoms with Gasteiger partial charge in [0, 0.05) is 19.5 Å². The number of aryl methyl sites for hydroxylation is 1.